The highest BCUT2D eigenvalue weighted by Crippen LogP contribution is 2.19. The number of benzene rings is 1. The molecule has 0 radical (unpaired) electrons. The molecule has 0 aromatic heterocycles. The van der Waals surface area contributed by atoms with Crippen molar-refractivity contribution in [2.45, 2.75) is 32.1 Å². The number of aromatic hydroxyl groups is 1. The first kappa shape index (κ1) is 19.3. The van der Waals surface area contributed by atoms with Crippen molar-refractivity contribution in [2.24, 2.45) is 0 Å². The highest BCUT2D eigenvalue weighted by molar-refractivity contribution is 5.84. The quantitative estimate of drug-likeness (QED) is 0.599. The Balaban J connectivity index is 2.67. The summed E-state index contributed by atoms with van der Waals surface area (Å²) in [7, 11) is 0. The van der Waals surface area contributed by atoms with Crippen molar-refractivity contribution >= 4 is 12.0 Å². The SMILES string of the molecule is CCCCOC(=O)NCC(C(=O)NCCC#N)c1ccc(O)cc1. The molecule has 24 heavy (non-hydrogen) atoms. The van der Waals surface area contributed by atoms with Crippen molar-refractivity contribution in [1.29, 1.82) is 5.26 Å². The maximum atomic E-state index is 12.3. The van der Waals surface area contributed by atoms with Gasteiger partial charge in [0.2, 0.25) is 5.91 Å². The monoisotopic (exact) mass is 333 g/mol. The van der Waals surface area contributed by atoms with Crippen molar-refractivity contribution in [3.05, 3.63) is 29.8 Å². The first-order chi connectivity index (χ1) is 11.6. The number of nitriles is 1. The van der Waals surface area contributed by atoms with E-state index in [1.165, 1.54) is 12.1 Å². The van der Waals surface area contributed by atoms with Gasteiger partial charge in [-0.3, -0.25) is 4.79 Å². The van der Waals surface area contributed by atoms with Crippen LogP contribution < -0.4 is 10.6 Å². The Morgan fingerprint density at radius 2 is 2.00 bits per heavy atom. The van der Waals surface area contributed by atoms with Crippen LogP contribution in [0.5, 0.6) is 5.75 Å². The van der Waals surface area contributed by atoms with Crippen LogP contribution in [0.25, 0.3) is 0 Å². The van der Waals surface area contributed by atoms with Gasteiger partial charge in [-0.05, 0) is 24.1 Å². The second-order valence-electron chi connectivity index (χ2n) is 5.21. The Morgan fingerprint density at radius 3 is 2.62 bits per heavy atom. The minimum Gasteiger partial charge on any atom is -0.508 e. The average molecular weight is 333 g/mol. The standard InChI is InChI=1S/C17H23N3O4/c1-2-3-11-24-17(23)20-12-15(16(22)19-10-4-9-18)13-5-7-14(21)8-6-13/h5-8,15,21H,2-4,10-12H2,1H3,(H,19,22)(H,20,23). The molecule has 0 heterocycles. The number of phenols is 1. The van der Waals surface area contributed by atoms with Crippen molar-refractivity contribution in [3.8, 4) is 11.8 Å². The predicted molar refractivity (Wildman–Crippen MR) is 88.3 cm³/mol. The van der Waals surface area contributed by atoms with Gasteiger partial charge < -0.3 is 20.5 Å². The number of nitrogens with one attached hydrogen (secondary N) is 2. The van der Waals surface area contributed by atoms with Gasteiger partial charge in [-0.2, -0.15) is 5.26 Å². The fourth-order valence-electron chi connectivity index (χ4n) is 1.98. The number of carbonyl (C=O) groups is 2. The second-order valence-corrected chi connectivity index (χ2v) is 5.21. The third-order valence-electron chi connectivity index (χ3n) is 3.33. The average Bonchev–Trinajstić information content (AvgIpc) is 2.57. The molecule has 0 aliphatic rings. The molecule has 0 aliphatic heterocycles. The van der Waals surface area contributed by atoms with Crippen LogP contribution in [-0.4, -0.2) is 36.8 Å². The van der Waals surface area contributed by atoms with Crippen LogP contribution >= 0.6 is 0 Å². The number of amides is 2. The molecule has 130 valence electrons. The van der Waals surface area contributed by atoms with E-state index in [4.69, 9.17) is 10.00 Å². The summed E-state index contributed by atoms with van der Waals surface area (Å²) in [6.07, 6.45) is 1.34. The Kier molecular flexibility index (Phi) is 8.76. The number of nitrogens with zero attached hydrogens (tertiary/aromatic N) is 1. The fourth-order valence-corrected chi connectivity index (χ4v) is 1.98. The number of hydrogen-bond donors (Lipinski definition) is 3. The van der Waals surface area contributed by atoms with Crippen LogP contribution in [0.4, 0.5) is 4.79 Å². The number of carbonyl (C=O) groups excluding carboxylic acids is 2. The molecule has 0 fully saturated rings. The fraction of sp³-hybridized carbons (Fsp3) is 0.471. The third kappa shape index (κ3) is 7.01. The molecule has 0 saturated carbocycles. The molecule has 3 N–H and O–H groups in total. The van der Waals surface area contributed by atoms with E-state index in [-0.39, 0.29) is 31.2 Å². The van der Waals surface area contributed by atoms with E-state index >= 15 is 0 Å². The Hall–Kier alpha value is -2.75. The lowest BCUT2D eigenvalue weighted by Gasteiger charge is -2.17. The zero-order valence-corrected chi connectivity index (χ0v) is 13.7. The molecule has 1 unspecified atom stereocenters. The van der Waals surface area contributed by atoms with Crippen LogP contribution in [0.2, 0.25) is 0 Å². The van der Waals surface area contributed by atoms with Gasteiger partial charge in [0.1, 0.15) is 5.75 Å². The normalized spacial score (nSPS) is 11.2. The lowest BCUT2D eigenvalue weighted by Crippen LogP contribution is -2.38. The third-order valence-corrected chi connectivity index (χ3v) is 3.33. The molecule has 1 atom stereocenters. The van der Waals surface area contributed by atoms with E-state index in [2.05, 4.69) is 10.6 Å². The van der Waals surface area contributed by atoms with Gasteiger partial charge in [-0.1, -0.05) is 25.5 Å². The summed E-state index contributed by atoms with van der Waals surface area (Å²) in [5, 5.41) is 23.1. The summed E-state index contributed by atoms with van der Waals surface area (Å²) in [4.78, 5) is 23.9. The van der Waals surface area contributed by atoms with Crippen LogP contribution in [0.15, 0.2) is 24.3 Å². The van der Waals surface area contributed by atoms with E-state index in [1.54, 1.807) is 12.1 Å². The minimum atomic E-state index is -0.636. The summed E-state index contributed by atoms with van der Waals surface area (Å²) in [5.74, 6) is -0.845. The molecular formula is C17H23N3O4. The Labute approximate surface area is 141 Å². The number of hydrogen-bond acceptors (Lipinski definition) is 5. The molecule has 0 spiro atoms. The Morgan fingerprint density at radius 1 is 1.29 bits per heavy atom. The van der Waals surface area contributed by atoms with E-state index < -0.39 is 12.0 Å². The number of phenolic OH excluding ortho intramolecular Hbond substituents is 1. The van der Waals surface area contributed by atoms with Crippen molar-refractivity contribution in [2.75, 3.05) is 19.7 Å². The van der Waals surface area contributed by atoms with Crippen LogP contribution in [0.1, 0.15) is 37.7 Å². The van der Waals surface area contributed by atoms with E-state index in [0.717, 1.165) is 12.8 Å². The molecule has 1 aromatic carbocycles. The van der Waals surface area contributed by atoms with Gasteiger partial charge in [-0.25, -0.2) is 4.79 Å². The zero-order chi connectivity index (χ0) is 17.8. The highest BCUT2D eigenvalue weighted by atomic mass is 16.5. The summed E-state index contributed by atoms with van der Waals surface area (Å²) < 4.78 is 5.00. The first-order valence-corrected chi connectivity index (χ1v) is 7.92. The van der Waals surface area contributed by atoms with E-state index in [0.29, 0.717) is 12.2 Å². The van der Waals surface area contributed by atoms with Gasteiger partial charge in [0.15, 0.2) is 0 Å². The number of alkyl carbamates (subject to hydrolysis) is 1. The van der Waals surface area contributed by atoms with E-state index in [1.807, 2.05) is 13.0 Å². The number of unbranched alkanes of at least 4 members (excludes halogenated alkanes) is 1. The maximum absolute atomic E-state index is 12.3. The molecule has 2 amide bonds. The summed E-state index contributed by atoms with van der Waals surface area (Å²) in [6.45, 7) is 2.63. The number of rotatable bonds is 9. The van der Waals surface area contributed by atoms with Gasteiger partial charge >= 0.3 is 6.09 Å². The zero-order valence-electron chi connectivity index (χ0n) is 13.7. The number of ether oxygens (including phenoxy) is 1. The lowest BCUT2D eigenvalue weighted by atomic mass is 9.98. The lowest BCUT2D eigenvalue weighted by molar-refractivity contribution is -0.122. The molecule has 0 aliphatic carbocycles. The summed E-state index contributed by atoms with van der Waals surface area (Å²) >= 11 is 0. The molecular weight excluding hydrogens is 310 g/mol. The molecule has 0 bridgehead atoms. The molecule has 0 saturated heterocycles. The minimum absolute atomic E-state index is 0.0636. The molecule has 7 heteroatoms. The van der Waals surface area contributed by atoms with Crippen molar-refractivity contribution in [3.63, 3.8) is 0 Å². The largest absolute Gasteiger partial charge is 0.508 e. The molecule has 7 nitrogen and oxygen atoms in total. The van der Waals surface area contributed by atoms with Crippen LogP contribution in [-0.2, 0) is 9.53 Å². The smallest absolute Gasteiger partial charge is 0.407 e. The second kappa shape index (κ2) is 10.9. The van der Waals surface area contributed by atoms with Crippen LogP contribution in [0.3, 0.4) is 0 Å². The maximum Gasteiger partial charge on any atom is 0.407 e. The molecule has 1 aromatic rings. The van der Waals surface area contributed by atoms with Gasteiger partial charge in [-0.15, -0.1) is 0 Å². The van der Waals surface area contributed by atoms with Crippen molar-refractivity contribution < 1.29 is 19.4 Å². The van der Waals surface area contributed by atoms with Gasteiger partial charge in [0, 0.05) is 13.1 Å². The van der Waals surface area contributed by atoms with Crippen molar-refractivity contribution in [1.82, 2.24) is 10.6 Å². The van der Waals surface area contributed by atoms with E-state index in [9.17, 15) is 14.7 Å². The first-order valence-electron chi connectivity index (χ1n) is 7.92. The van der Waals surface area contributed by atoms with Gasteiger partial charge in [0.05, 0.1) is 25.0 Å². The topological polar surface area (TPSA) is 111 Å². The Bertz CT molecular complexity index is 566. The van der Waals surface area contributed by atoms with Crippen LogP contribution in [0, 0.1) is 11.3 Å². The highest BCUT2D eigenvalue weighted by Gasteiger charge is 2.21. The summed E-state index contributed by atoms with van der Waals surface area (Å²) in [5.41, 5.74) is 0.649. The van der Waals surface area contributed by atoms with Gasteiger partial charge in [0.25, 0.3) is 0 Å². The summed E-state index contributed by atoms with van der Waals surface area (Å²) in [6, 6.07) is 8.14. The predicted octanol–water partition coefficient (Wildman–Crippen LogP) is 2.03. The molecule has 1 rings (SSSR count).